The van der Waals surface area contributed by atoms with Crippen LogP contribution in [0.15, 0.2) is 65.6 Å². The van der Waals surface area contributed by atoms with Crippen LogP contribution in [-0.4, -0.2) is 58.0 Å². The number of ether oxygens (including phenoxy) is 2. The van der Waals surface area contributed by atoms with Crippen LogP contribution in [0.4, 0.5) is 5.69 Å². The molecular weight excluding hydrogens is 637 g/mol. The number of hydrogen-bond donors (Lipinski definition) is 1. The van der Waals surface area contributed by atoms with Crippen molar-refractivity contribution >= 4 is 62.3 Å². The molecule has 3 aromatic rings. The van der Waals surface area contributed by atoms with Crippen molar-refractivity contribution in [3.8, 4) is 11.5 Å². The van der Waals surface area contributed by atoms with Gasteiger partial charge < -0.3 is 19.7 Å². The summed E-state index contributed by atoms with van der Waals surface area (Å²) < 4.78 is 39.7. The van der Waals surface area contributed by atoms with E-state index in [1.807, 2.05) is 13.8 Å². The van der Waals surface area contributed by atoms with Gasteiger partial charge in [0.15, 0.2) is 11.5 Å². The molecule has 2 amide bonds. The van der Waals surface area contributed by atoms with Crippen LogP contribution in [0.25, 0.3) is 0 Å². The average molecular weight is 671 g/mol. The van der Waals surface area contributed by atoms with E-state index in [1.54, 1.807) is 19.1 Å². The van der Waals surface area contributed by atoms with Crippen LogP contribution in [0.1, 0.15) is 32.8 Å². The zero-order valence-electron chi connectivity index (χ0n) is 24.4. The van der Waals surface area contributed by atoms with Crippen LogP contribution in [0.3, 0.4) is 0 Å². The summed E-state index contributed by atoms with van der Waals surface area (Å²) in [7, 11) is -1.52. The smallest absolute Gasteiger partial charge is 0.264 e. The highest BCUT2D eigenvalue weighted by Gasteiger charge is 2.33. The van der Waals surface area contributed by atoms with Crippen LogP contribution < -0.4 is 19.1 Å². The van der Waals surface area contributed by atoms with E-state index in [0.717, 1.165) is 4.31 Å². The molecule has 0 radical (unpaired) electrons. The third-order valence-corrected chi connectivity index (χ3v) is 9.47. The fraction of sp³-hybridized carbons (Fsp3) is 0.333. The molecular formula is C30H34Cl3N3O6S. The third-order valence-electron chi connectivity index (χ3n) is 6.86. The summed E-state index contributed by atoms with van der Waals surface area (Å²) in [6.45, 7) is 4.65. The highest BCUT2D eigenvalue weighted by atomic mass is 35.5. The van der Waals surface area contributed by atoms with Crippen molar-refractivity contribution in [2.75, 3.05) is 25.1 Å². The highest BCUT2D eigenvalue weighted by Crippen LogP contribution is 2.33. The van der Waals surface area contributed by atoms with E-state index in [4.69, 9.17) is 44.3 Å². The van der Waals surface area contributed by atoms with Crippen LogP contribution in [0.2, 0.25) is 15.1 Å². The van der Waals surface area contributed by atoms with Gasteiger partial charge in [-0.2, -0.15) is 0 Å². The molecule has 43 heavy (non-hydrogen) atoms. The maximum atomic E-state index is 14.1. The molecule has 0 aliphatic rings. The molecule has 3 rings (SSSR count). The number of hydrogen-bond acceptors (Lipinski definition) is 6. The molecule has 0 spiro atoms. The van der Waals surface area contributed by atoms with Crippen molar-refractivity contribution in [1.82, 2.24) is 10.2 Å². The van der Waals surface area contributed by atoms with Gasteiger partial charge in [0, 0.05) is 33.7 Å². The molecule has 9 nitrogen and oxygen atoms in total. The number of rotatable bonds is 13. The lowest BCUT2D eigenvalue weighted by molar-refractivity contribution is -0.139. The van der Waals surface area contributed by atoms with Crippen LogP contribution >= 0.6 is 34.8 Å². The minimum atomic E-state index is -4.35. The second-order valence-corrected chi connectivity index (χ2v) is 12.9. The first-order chi connectivity index (χ1) is 20.3. The third kappa shape index (κ3) is 8.47. The highest BCUT2D eigenvalue weighted by molar-refractivity contribution is 7.92. The van der Waals surface area contributed by atoms with Gasteiger partial charge in [-0.15, -0.1) is 0 Å². The lowest BCUT2D eigenvalue weighted by Gasteiger charge is -2.32. The Morgan fingerprint density at radius 1 is 0.884 bits per heavy atom. The van der Waals surface area contributed by atoms with E-state index < -0.39 is 34.4 Å². The molecule has 1 N–H and O–H groups in total. The van der Waals surface area contributed by atoms with Crippen molar-refractivity contribution in [3.63, 3.8) is 0 Å². The lowest BCUT2D eigenvalue weighted by Crippen LogP contribution is -2.52. The number of amides is 2. The van der Waals surface area contributed by atoms with E-state index in [1.165, 1.54) is 67.7 Å². The summed E-state index contributed by atoms with van der Waals surface area (Å²) in [5, 5.41) is 3.97. The standard InChI is InChI=1S/C30H34Cl3N3O6S/c1-6-19(2)34-30(38)20(3)35(17-21-7-8-23(32)15-26(21)33)29(37)18-36(24-11-9-22(31)10-12-24)43(39,40)25-13-14-27(41-4)28(16-25)42-5/h7-16,19-20H,6,17-18H2,1-5H3,(H,34,38)/t19-,20+/m1/s1. The maximum absolute atomic E-state index is 14.1. The fourth-order valence-electron chi connectivity index (χ4n) is 4.12. The summed E-state index contributed by atoms with van der Waals surface area (Å²) >= 11 is 18.6. The number of nitrogens with one attached hydrogen (secondary N) is 1. The summed E-state index contributed by atoms with van der Waals surface area (Å²) in [5.74, 6) is -0.506. The molecule has 0 unspecified atom stereocenters. The number of sulfonamides is 1. The molecule has 0 fully saturated rings. The van der Waals surface area contributed by atoms with Gasteiger partial charge in [-0.3, -0.25) is 13.9 Å². The SMILES string of the molecule is CC[C@@H](C)NC(=O)[C@H](C)N(Cc1ccc(Cl)cc1Cl)C(=O)CN(c1ccc(Cl)cc1)S(=O)(=O)c1ccc(OC)c(OC)c1. The zero-order chi connectivity index (χ0) is 31.9. The van der Waals surface area contributed by atoms with E-state index in [9.17, 15) is 18.0 Å². The van der Waals surface area contributed by atoms with Gasteiger partial charge in [-0.1, -0.05) is 47.8 Å². The fourth-order valence-corrected chi connectivity index (χ4v) is 6.15. The van der Waals surface area contributed by atoms with Crippen molar-refractivity contribution in [1.29, 1.82) is 0 Å². The molecule has 0 aliphatic carbocycles. The molecule has 2 atom stereocenters. The topological polar surface area (TPSA) is 105 Å². The minimum absolute atomic E-state index is 0.0746. The zero-order valence-corrected chi connectivity index (χ0v) is 27.5. The van der Waals surface area contributed by atoms with E-state index >= 15 is 0 Å². The number of anilines is 1. The molecule has 0 heterocycles. The van der Waals surface area contributed by atoms with Gasteiger partial charge in [0.05, 0.1) is 24.8 Å². The summed E-state index contributed by atoms with van der Waals surface area (Å²) in [6, 6.07) is 13.9. The number of methoxy groups -OCH3 is 2. The monoisotopic (exact) mass is 669 g/mol. The van der Waals surface area contributed by atoms with Crippen molar-refractivity contribution < 1.29 is 27.5 Å². The number of carbonyl (C=O) groups excluding carboxylic acids is 2. The summed E-state index contributed by atoms with van der Waals surface area (Å²) in [6.07, 6.45) is 0.684. The van der Waals surface area contributed by atoms with E-state index in [2.05, 4.69) is 5.32 Å². The Bertz CT molecular complexity index is 1550. The Balaban J connectivity index is 2.08. The summed E-state index contributed by atoms with van der Waals surface area (Å²) in [4.78, 5) is 28.4. The average Bonchev–Trinajstić information content (AvgIpc) is 2.98. The molecule has 13 heteroatoms. The minimum Gasteiger partial charge on any atom is -0.493 e. The first-order valence-electron chi connectivity index (χ1n) is 13.4. The summed E-state index contributed by atoms with van der Waals surface area (Å²) in [5.41, 5.74) is 0.720. The number of benzene rings is 3. The van der Waals surface area contributed by atoms with Gasteiger partial charge in [0.25, 0.3) is 10.0 Å². The van der Waals surface area contributed by atoms with Gasteiger partial charge in [-0.25, -0.2) is 8.42 Å². The Kier molecular flexibility index (Phi) is 12.0. The Morgan fingerprint density at radius 3 is 2.09 bits per heavy atom. The predicted molar refractivity (Wildman–Crippen MR) is 170 cm³/mol. The second kappa shape index (κ2) is 15.0. The molecule has 0 saturated carbocycles. The van der Waals surface area contributed by atoms with Crippen LogP contribution in [-0.2, 0) is 26.2 Å². The number of carbonyl (C=O) groups is 2. The number of halogens is 3. The quantitative estimate of drug-likeness (QED) is 0.233. The van der Waals surface area contributed by atoms with Crippen LogP contribution in [0.5, 0.6) is 11.5 Å². The van der Waals surface area contributed by atoms with E-state index in [0.29, 0.717) is 32.8 Å². The predicted octanol–water partition coefficient (Wildman–Crippen LogP) is 6.19. The van der Waals surface area contributed by atoms with Crippen molar-refractivity contribution in [2.24, 2.45) is 0 Å². The first kappa shape index (κ1) is 34.3. The molecule has 232 valence electrons. The van der Waals surface area contributed by atoms with Gasteiger partial charge in [0.2, 0.25) is 11.8 Å². The van der Waals surface area contributed by atoms with Crippen molar-refractivity contribution in [3.05, 3.63) is 81.3 Å². The molecule has 0 saturated heterocycles. The molecule has 0 aliphatic heterocycles. The van der Waals surface area contributed by atoms with Gasteiger partial charge in [-0.05, 0) is 74.4 Å². The van der Waals surface area contributed by atoms with Gasteiger partial charge in [0.1, 0.15) is 12.6 Å². The lowest BCUT2D eigenvalue weighted by atomic mass is 10.1. The van der Waals surface area contributed by atoms with Crippen LogP contribution in [0, 0.1) is 0 Å². The molecule has 0 bridgehead atoms. The normalized spacial score (nSPS) is 12.7. The molecule has 0 aromatic heterocycles. The van der Waals surface area contributed by atoms with E-state index in [-0.39, 0.29) is 28.9 Å². The largest absolute Gasteiger partial charge is 0.493 e. The second-order valence-electron chi connectivity index (χ2n) is 9.76. The maximum Gasteiger partial charge on any atom is 0.264 e. The Morgan fingerprint density at radius 2 is 1.51 bits per heavy atom. The Labute approximate surface area is 267 Å². The Hall–Kier alpha value is -3.18. The van der Waals surface area contributed by atoms with Crippen molar-refractivity contribution in [2.45, 2.75) is 50.7 Å². The number of nitrogens with zero attached hydrogens (tertiary/aromatic N) is 2. The first-order valence-corrected chi connectivity index (χ1v) is 15.9. The van der Waals surface area contributed by atoms with Gasteiger partial charge >= 0.3 is 0 Å². The molecule has 3 aromatic carbocycles.